The van der Waals surface area contributed by atoms with Crippen molar-refractivity contribution in [3.63, 3.8) is 0 Å². The standard InChI is InChI=1S/C13H26N2O2/c1-11(2)10-14-6-8-15(9-7-14)13(17)5-4-12(3)16/h11-12,16H,4-10H2,1-3H3. The molecule has 0 aliphatic carbocycles. The average molecular weight is 242 g/mol. The summed E-state index contributed by atoms with van der Waals surface area (Å²) in [6.07, 6.45) is 0.675. The fourth-order valence-corrected chi connectivity index (χ4v) is 2.19. The van der Waals surface area contributed by atoms with Gasteiger partial charge in [-0.15, -0.1) is 0 Å². The van der Waals surface area contributed by atoms with Gasteiger partial charge in [-0.3, -0.25) is 9.69 Å². The molecule has 1 aliphatic heterocycles. The summed E-state index contributed by atoms with van der Waals surface area (Å²) < 4.78 is 0. The number of amides is 1. The molecule has 0 saturated carbocycles. The fourth-order valence-electron chi connectivity index (χ4n) is 2.19. The van der Waals surface area contributed by atoms with Crippen LogP contribution < -0.4 is 0 Å². The molecule has 0 aromatic rings. The molecular formula is C13H26N2O2. The zero-order valence-electron chi connectivity index (χ0n) is 11.4. The summed E-state index contributed by atoms with van der Waals surface area (Å²) >= 11 is 0. The van der Waals surface area contributed by atoms with Gasteiger partial charge in [-0.1, -0.05) is 13.8 Å². The summed E-state index contributed by atoms with van der Waals surface area (Å²) in [6.45, 7) is 10.9. The molecular weight excluding hydrogens is 216 g/mol. The van der Waals surface area contributed by atoms with Gasteiger partial charge >= 0.3 is 0 Å². The van der Waals surface area contributed by atoms with Crippen LogP contribution in [0.2, 0.25) is 0 Å². The first kappa shape index (κ1) is 14.5. The third-order valence-electron chi connectivity index (χ3n) is 3.12. The van der Waals surface area contributed by atoms with Gasteiger partial charge in [-0.05, 0) is 19.3 Å². The molecule has 1 saturated heterocycles. The zero-order chi connectivity index (χ0) is 12.8. The first-order chi connectivity index (χ1) is 7.99. The van der Waals surface area contributed by atoms with Crippen LogP contribution in [0, 0.1) is 5.92 Å². The number of hydrogen-bond acceptors (Lipinski definition) is 3. The van der Waals surface area contributed by atoms with Gasteiger partial charge in [0.2, 0.25) is 5.91 Å². The van der Waals surface area contributed by atoms with E-state index in [9.17, 15) is 4.79 Å². The molecule has 1 fully saturated rings. The van der Waals surface area contributed by atoms with Crippen LogP contribution >= 0.6 is 0 Å². The van der Waals surface area contributed by atoms with Crippen molar-refractivity contribution < 1.29 is 9.90 Å². The Morgan fingerprint density at radius 2 is 1.76 bits per heavy atom. The Morgan fingerprint density at radius 3 is 2.24 bits per heavy atom. The number of rotatable bonds is 5. The predicted molar refractivity (Wildman–Crippen MR) is 68.8 cm³/mol. The lowest BCUT2D eigenvalue weighted by Crippen LogP contribution is -2.49. The normalized spacial score (nSPS) is 19.7. The summed E-state index contributed by atoms with van der Waals surface area (Å²) in [5.41, 5.74) is 0. The van der Waals surface area contributed by atoms with Crippen LogP contribution in [0.3, 0.4) is 0 Å². The molecule has 0 aromatic carbocycles. The number of carbonyl (C=O) groups is 1. The summed E-state index contributed by atoms with van der Waals surface area (Å²) in [6, 6.07) is 0. The van der Waals surface area contributed by atoms with Crippen LogP contribution in [0.5, 0.6) is 0 Å². The minimum Gasteiger partial charge on any atom is -0.393 e. The molecule has 1 N–H and O–H groups in total. The molecule has 1 amide bonds. The van der Waals surface area contributed by atoms with E-state index in [1.807, 2.05) is 4.90 Å². The highest BCUT2D eigenvalue weighted by molar-refractivity contribution is 5.76. The van der Waals surface area contributed by atoms with Gasteiger partial charge in [0.05, 0.1) is 6.10 Å². The van der Waals surface area contributed by atoms with Gasteiger partial charge < -0.3 is 10.0 Å². The van der Waals surface area contributed by atoms with E-state index >= 15 is 0 Å². The maximum absolute atomic E-state index is 11.8. The number of piperazine rings is 1. The van der Waals surface area contributed by atoms with E-state index in [-0.39, 0.29) is 12.0 Å². The lowest BCUT2D eigenvalue weighted by molar-refractivity contribution is -0.133. The van der Waals surface area contributed by atoms with E-state index in [1.54, 1.807) is 6.92 Å². The Morgan fingerprint density at radius 1 is 1.18 bits per heavy atom. The molecule has 0 aromatic heterocycles. The Labute approximate surface area is 105 Å². The number of carbonyl (C=O) groups excluding carboxylic acids is 1. The predicted octanol–water partition coefficient (Wildman–Crippen LogP) is 0.948. The third-order valence-corrected chi connectivity index (χ3v) is 3.12. The maximum atomic E-state index is 11.8. The van der Waals surface area contributed by atoms with Crippen LogP contribution in [0.4, 0.5) is 0 Å². The second-order valence-electron chi connectivity index (χ2n) is 5.46. The summed E-state index contributed by atoms with van der Waals surface area (Å²) in [5.74, 6) is 0.877. The van der Waals surface area contributed by atoms with E-state index in [0.29, 0.717) is 18.8 Å². The fraction of sp³-hybridized carbons (Fsp3) is 0.923. The molecule has 1 rings (SSSR count). The highest BCUT2D eigenvalue weighted by atomic mass is 16.3. The van der Waals surface area contributed by atoms with Crippen molar-refractivity contribution in [2.24, 2.45) is 5.92 Å². The maximum Gasteiger partial charge on any atom is 0.222 e. The summed E-state index contributed by atoms with van der Waals surface area (Å²) in [5, 5.41) is 9.16. The monoisotopic (exact) mass is 242 g/mol. The number of aliphatic hydroxyl groups is 1. The van der Waals surface area contributed by atoms with E-state index in [1.165, 1.54) is 0 Å². The smallest absolute Gasteiger partial charge is 0.222 e. The molecule has 4 heteroatoms. The Hall–Kier alpha value is -0.610. The van der Waals surface area contributed by atoms with Crippen molar-refractivity contribution in [1.29, 1.82) is 0 Å². The summed E-state index contributed by atoms with van der Waals surface area (Å²) in [4.78, 5) is 16.2. The second kappa shape index (κ2) is 6.97. The topological polar surface area (TPSA) is 43.8 Å². The van der Waals surface area contributed by atoms with Crippen LogP contribution in [0.25, 0.3) is 0 Å². The van der Waals surface area contributed by atoms with Gasteiger partial charge in [0.25, 0.3) is 0 Å². The zero-order valence-corrected chi connectivity index (χ0v) is 11.4. The lowest BCUT2D eigenvalue weighted by atomic mass is 10.1. The molecule has 100 valence electrons. The molecule has 0 bridgehead atoms. The SMILES string of the molecule is CC(C)CN1CCN(C(=O)CCC(C)O)CC1. The molecule has 17 heavy (non-hydrogen) atoms. The molecule has 4 nitrogen and oxygen atoms in total. The van der Waals surface area contributed by atoms with E-state index < -0.39 is 0 Å². The van der Waals surface area contributed by atoms with Crippen molar-refractivity contribution in [2.45, 2.75) is 39.7 Å². The molecule has 0 spiro atoms. The quantitative estimate of drug-likeness (QED) is 0.780. The molecule has 0 radical (unpaired) electrons. The molecule has 1 unspecified atom stereocenters. The highest BCUT2D eigenvalue weighted by Gasteiger charge is 2.21. The Kier molecular flexibility index (Phi) is 5.92. The van der Waals surface area contributed by atoms with Crippen LogP contribution in [0.15, 0.2) is 0 Å². The van der Waals surface area contributed by atoms with Crippen molar-refractivity contribution in [2.75, 3.05) is 32.7 Å². The summed E-state index contributed by atoms with van der Waals surface area (Å²) in [7, 11) is 0. The number of nitrogens with zero attached hydrogens (tertiary/aromatic N) is 2. The van der Waals surface area contributed by atoms with E-state index in [0.717, 1.165) is 32.7 Å². The van der Waals surface area contributed by atoms with Crippen LogP contribution in [0.1, 0.15) is 33.6 Å². The molecule has 1 atom stereocenters. The number of aliphatic hydroxyl groups excluding tert-OH is 1. The van der Waals surface area contributed by atoms with Gasteiger partial charge in [-0.2, -0.15) is 0 Å². The minimum absolute atomic E-state index is 0.190. The largest absolute Gasteiger partial charge is 0.393 e. The van der Waals surface area contributed by atoms with Gasteiger partial charge in [0, 0.05) is 39.1 Å². The first-order valence-corrected chi connectivity index (χ1v) is 6.67. The van der Waals surface area contributed by atoms with Crippen LogP contribution in [-0.4, -0.2) is 59.6 Å². The van der Waals surface area contributed by atoms with Crippen molar-refractivity contribution >= 4 is 5.91 Å². The van der Waals surface area contributed by atoms with Crippen molar-refractivity contribution in [3.05, 3.63) is 0 Å². The Balaban J connectivity index is 2.24. The number of hydrogen-bond donors (Lipinski definition) is 1. The first-order valence-electron chi connectivity index (χ1n) is 6.67. The average Bonchev–Trinajstić information content (AvgIpc) is 2.26. The van der Waals surface area contributed by atoms with Crippen molar-refractivity contribution in [1.82, 2.24) is 9.80 Å². The second-order valence-corrected chi connectivity index (χ2v) is 5.46. The lowest BCUT2D eigenvalue weighted by Gasteiger charge is -2.35. The Bertz CT molecular complexity index is 234. The molecule has 1 heterocycles. The van der Waals surface area contributed by atoms with Crippen molar-refractivity contribution in [3.8, 4) is 0 Å². The third kappa shape index (κ3) is 5.50. The van der Waals surface area contributed by atoms with Gasteiger partial charge in [-0.25, -0.2) is 0 Å². The van der Waals surface area contributed by atoms with Gasteiger partial charge in [0.1, 0.15) is 0 Å². The molecule has 1 aliphatic rings. The highest BCUT2D eigenvalue weighted by Crippen LogP contribution is 2.08. The van der Waals surface area contributed by atoms with E-state index in [4.69, 9.17) is 5.11 Å². The van der Waals surface area contributed by atoms with Crippen LogP contribution in [-0.2, 0) is 4.79 Å². The minimum atomic E-state index is -0.374. The van der Waals surface area contributed by atoms with E-state index in [2.05, 4.69) is 18.7 Å². The van der Waals surface area contributed by atoms with Gasteiger partial charge in [0.15, 0.2) is 0 Å².